The first-order chi connectivity index (χ1) is 8.27. The lowest BCUT2D eigenvalue weighted by molar-refractivity contribution is 0.163. The number of hydrogen-bond donors (Lipinski definition) is 2. The second-order valence-electron chi connectivity index (χ2n) is 4.82. The summed E-state index contributed by atoms with van der Waals surface area (Å²) in [5, 5.41) is 22.3. The van der Waals surface area contributed by atoms with Crippen molar-refractivity contribution < 1.29 is 10.2 Å². The SMILES string of the molecule is Oc1ccc2ccccc2c1C1CCCC1O. The van der Waals surface area contributed by atoms with E-state index < -0.39 is 0 Å². The maximum atomic E-state index is 10.1. The lowest BCUT2D eigenvalue weighted by Crippen LogP contribution is -2.11. The summed E-state index contributed by atoms with van der Waals surface area (Å²) < 4.78 is 0. The van der Waals surface area contributed by atoms with E-state index in [0.29, 0.717) is 5.75 Å². The first-order valence-corrected chi connectivity index (χ1v) is 6.16. The van der Waals surface area contributed by atoms with Gasteiger partial charge in [-0.15, -0.1) is 0 Å². The molecule has 2 nitrogen and oxygen atoms in total. The van der Waals surface area contributed by atoms with Crippen LogP contribution in [0.15, 0.2) is 36.4 Å². The molecule has 2 atom stereocenters. The summed E-state index contributed by atoms with van der Waals surface area (Å²) in [6.07, 6.45) is 2.52. The van der Waals surface area contributed by atoms with Crippen molar-refractivity contribution in [3.8, 4) is 5.75 Å². The van der Waals surface area contributed by atoms with Crippen molar-refractivity contribution in [1.82, 2.24) is 0 Å². The number of aromatic hydroxyl groups is 1. The molecule has 2 unspecified atom stereocenters. The summed E-state index contributed by atoms with van der Waals surface area (Å²) in [7, 11) is 0. The van der Waals surface area contributed by atoms with Crippen LogP contribution in [0.1, 0.15) is 30.7 Å². The summed E-state index contributed by atoms with van der Waals surface area (Å²) in [5.41, 5.74) is 0.924. The molecule has 2 heteroatoms. The van der Waals surface area contributed by atoms with Crippen molar-refractivity contribution in [3.63, 3.8) is 0 Å². The Morgan fingerprint density at radius 3 is 2.59 bits per heavy atom. The van der Waals surface area contributed by atoms with Gasteiger partial charge in [0.05, 0.1) is 6.10 Å². The third kappa shape index (κ3) is 1.69. The van der Waals surface area contributed by atoms with E-state index >= 15 is 0 Å². The molecule has 3 rings (SSSR count). The quantitative estimate of drug-likeness (QED) is 0.787. The molecule has 1 fully saturated rings. The number of aliphatic hydroxyl groups is 1. The average molecular weight is 228 g/mol. The molecule has 0 saturated heterocycles. The third-order valence-corrected chi connectivity index (χ3v) is 3.80. The minimum Gasteiger partial charge on any atom is -0.508 e. The van der Waals surface area contributed by atoms with Crippen molar-refractivity contribution in [2.75, 3.05) is 0 Å². The zero-order chi connectivity index (χ0) is 11.8. The number of rotatable bonds is 1. The number of phenols is 1. The minimum absolute atomic E-state index is 0.0844. The van der Waals surface area contributed by atoms with E-state index in [1.54, 1.807) is 6.07 Å². The van der Waals surface area contributed by atoms with E-state index in [0.717, 1.165) is 35.6 Å². The fraction of sp³-hybridized carbons (Fsp3) is 0.333. The van der Waals surface area contributed by atoms with Gasteiger partial charge >= 0.3 is 0 Å². The van der Waals surface area contributed by atoms with E-state index in [1.807, 2.05) is 30.3 Å². The van der Waals surface area contributed by atoms with Gasteiger partial charge in [0.2, 0.25) is 0 Å². The van der Waals surface area contributed by atoms with Gasteiger partial charge in [-0.2, -0.15) is 0 Å². The van der Waals surface area contributed by atoms with Crippen LogP contribution in [-0.4, -0.2) is 16.3 Å². The van der Waals surface area contributed by atoms with E-state index in [1.165, 1.54) is 0 Å². The lowest BCUT2D eigenvalue weighted by atomic mass is 9.90. The minimum atomic E-state index is -0.313. The van der Waals surface area contributed by atoms with Crippen molar-refractivity contribution in [3.05, 3.63) is 42.0 Å². The highest BCUT2D eigenvalue weighted by atomic mass is 16.3. The third-order valence-electron chi connectivity index (χ3n) is 3.80. The van der Waals surface area contributed by atoms with Crippen LogP contribution in [0.25, 0.3) is 10.8 Å². The van der Waals surface area contributed by atoms with Crippen LogP contribution in [0.2, 0.25) is 0 Å². The smallest absolute Gasteiger partial charge is 0.119 e. The Kier molecular flexibility index (Phi) is 2.52. The van der Waals surface area contributed by atoms with Crippen LogP contribution in [-0.2, 0) is 0 Å². The van der Waals surface area contributed by atoms with E-state index in [-0.39, 0.29) is 12.0 Å². The van der Waals surface area contributed by atoms with Gasteiger partial charge in [-0.25, -0.2) is 0 Å². The van der Waals surface area contributed by atoms with Gasteiger partial charge in [0, 0.05) is 11.5 Å². The molecule has 17 heavy (non-hydrogen) atoms. The van der Waals surface area contributed by atoms with Gasteiger partial charge < -0.3 is 10.2 Å². The van der Waals surface area contributed by atoms with Crippen LogP contribution in [0, 0.1) is 0 Å². The van der Waals surface area contributed by atoms with Crippen molar-refractivity contribution in [2.24, 2.45) is 0 Å². The summed E-state index contributed by atoms with van der Waals surface area (Å²) in [5.74, 6) is 0.399. The number of benzene rings is 2. The number of hydrogen-bond acceptors (Lipinski definition) is 2. The molecule has 88 valence electrons. The van der Waals surface area contributed by atoms with E-state index in [2.05, 4.69) is 0 Å². The highest BCUT2D eigenvalue weighted by Crippen LogP contribution is 2.42. The second kappa shape index (κ2) is 4.04. The molecule has 1 saturated carbocycles. The summed E-state index contributed by atoms with van der Waals surface area (Å²) in [6, 6.07) is 11.7. The van der Waals surface area contributed by atoms with Gasteiger partial charge in [-0.05, 0) is 29.7 Å². The highest BCUT2D eigenvalue weighted by molar-refractivity contribution is 5.88. The molecule has 0 amide bonds. The van der Waals surface area contributed by atoms with E-state index in [9.17, 15) is 10.2 Å². The second-order valence-corrected chi connectivity index (χ2v) is 4.82. The first-order valence-electron chi connectivity index (χ1n) is 6.16. The molecule has 2 aromatic carbocycles. The Bertz CT molecular complexity index is 548. The molecule has 0 aliphatic heterocycles. The number of phenolic OH excluding ortho intramolecular Hbond substituents is 1. The zero-order valence-corrected chi connectivity index (χ0v) is 9.63. The van der Waals surface area contributed by atoms with Crippen LogP contribution >= 0.6 is 0 Å². The molecule has 0 bridgehead atoms. The van der Waals surface area contributed by atoms with Crippen molar-refractivity contribution >= 4 is 10.8 Å². The monoisotopic (exact) mass is 228 g/mol. The largest absolute Gasteiger partial charge is 0.508 e. The predicted molar refractivity (Wildman–Crippen MR) is 68.2 cm³/mol. The molecule has 0 heterocycles. The van der Waals surface area contributed by atoms with Gasteiger partial charge in [0.1, 0.15) is 5.75 Å². The van der Waals surface area contributed by atoms with Crippen LogP contribution in [0.3, 0.4) is 0 Å². The normalized spacial score (nSPS) is 24.3. The van der Waals surface area contributed by atoms with Crippen LogP contribution in [0.5, 0.6) is 5.75 Å². The Hall–Kier alpha value is -1.54. The first kappa shape index (κ1) is 10.6. The van der Waals surface area contributed by atoms with Crippen molar-refractivity contribution in [1.29, 1.82) is 0 Å². The summed E-state index contributed by atoms with van der Waals surface area (Å²) >= 11 is 0. The van der Waals surface area contributed by atoms with Crippen molar-refractivity contribution in [2.45, 2.75) is 31.3 Å². The molecular weight excluding hydrogens is 212 g/mol. The standard InChI is InChI=1S/C15H16O2/c16-13-7-3-6-12(13)15-11-5-2-1-4-10(11)8-9-14(15)17/h1-2,4-5,8-9,12-13,16-17H,3,6-7H2. The zero-order valence-electron chi connectivity index (χ0n) is 9.63. The summed E-state index contributed by atoms with van der Waals surface area (Å²) in [6.45, 7) is 0. The fourth-order valence-corrected chi connectivity index (χ4v) is 2.95. The van der Waals surface area contributed by atoms with Gasteiger partial charge in [0.25, 0.3) is 0 Å². The topological polar surface area (TPSA) is 40.5 Å². The van der Waals surface area contributed by atoms with Gasteiger partial charge in [-0.3, -0.25) is 0 Å². The molecule has 0 aromatic heterocycles. The Balaban J connectivity index is 2.23. The number of aliphatic hydroxyl groups excluding tert-OH is 1. The molecule has 1 aliphatic carbocycles. The Morgan fingerprint density at radius 2 is 1.82 bits per heavy atom. The van der Waals surface area contributed by atoms with Crippen LogP contribution < -0.4 is 0 Å². The number of fused-ring (bicyclic) bond motifs is 1. The molecule has 0 radical (unpaired) electrons. The summed E-state index contributed by atoms with van der Waals surface area (Å²) in [4.78, 5) is 0. The van der Waals surface area contributed by atoms with Gasteiger partial charge in [-0.1, -0.05) is 36.8 Å². The maximum absolute atomic E-state index is 10.1. The van der Waals surface area contributed by atoms with E-state index in [4.69, 9.17) is 0 Å². The van der Waals surface area contributed by atoms with Crippen LogP contribution in [0.4, 0.5) is 0 Å². The fourth-order valence-electron chi connectivity index (χ4n) is 2.95. The maximum Gasteiger partial charge on any atom is 0.119 e. The van der Waals surface area contributed by atoms with Gasteiger partial charge in [0.15, 0.2) is 0 Å². The highest BCUT2D eigenvalue weighted by Gasteiger charge is 2.29. The molecule has 1 aliphatic rings. The molecule has 2 N–H and O–H groups in total. The Labute approximate surface area is 101 Å². The molecular formula is C15H16O2. The Morgan fingerprint density at radius 1 is 1.00 bits per heavy atom. The average Bonchev–Trinajstić information content (AvgIpc) is 2.75. The lowest BCUT2D eigenvalue weighted by Gasteiger charge is -2.18. The molecule has 0 spiro atoms. The predicted octanol–water partition coefficient (Wildman–Crippen LogP) is 3.17. The molecule has 2 aromatic rings.